The first-order valence-corrected chi connectivity index (χ1v) is 6.71. The average Bonchev–Trinajstić information content (AvgIpc) is 2.86. The highest BCUT2D eigenvalue weighted by molar-refractivity contribution is 5.37. The molecule has 1 atom stereocenters. The van der Waals surface area contributed by atoms with Gasteiger partial charge in [-0.2, -0.15) is 18.3 Å². The molecule has 21 heavy (non-hydrogen) atoms. The number of hydrogen-bond acceptors (Lipinski definition) is 2. The predicted octanol–water partition coefficient (Wildman–Crippen LogP) is 3.70. The van der Waals surface area contributed by atoms with Crippen LogP contribution in [0.2, 0.25) is 0 Å². The van der Waals surface area contributed by atoms with Crippen LogP contribution in [0.5, 0.6) is 0 Å². The number of alkyl halides is 3. The van der Waals surface area contributed by atoms with E-state index in [-0.39, 0.29) is 0 Å². The molecule has 0 saturated heterocycles. The maximum Gasteiger partial charge on any atom is 0.416 e. The van der Waals surface area contributed by atoms with E-state index in [9.17, 15) is 18.3 Å². The highest BCUT2D eigenvalue weighted by atomic mass is 19.4. The van der Waals surface area contributed by atoms with Crippen molar-refractivity contribution in [3.05, 3.63) is 52.8 Å². The molecule has 0 radical (unpaired) electrons. The zero-order valence-corrected chi connectivity index (χ0v) is 11.9. The molecule has 0 amide bonds. The van der Waals surface area contributed by atoms with Crippen LogP contribution in [0, 0.1) is 6.92 Å². The SMILES string of the molecule is CCCn1cc(C(O)c2ccc(C(F)(F)F)cc2C)cn1. The van der Waals surface area contributed by atoms with Gasteiger partial charge in [0, 0.05) is 18.3 Å². The summed E-state index contributed by atoms with van der Waals surface area (Å²) in [6.07, 6.45) is -1.18. The number of aliphatic hydroxyl groups excluding tert-OH is 1. The molecule has 1 N–H and O–H groups in total. The first kappa shape index (κ1) is 15.6. The van der Waals surface area contributed by atoms with Crippen LogP contribution in [-0.2, 0) is 12.7 Å². The molecule has 0 fully saturated rings. The number of aliphatic hydroxyl groups is 1. The third-order valence-electron chi connectivity index (χ3n) is 3.31. The lowest BCUT2D eigenvalue weighted by Crippen LogP contribution is -2.08. The summed E-state index contributed by atoms with van der Waals surface area (Å²) in [4.78, 5) is 0. The Hall–Kier alpha value is -1.82. The van der Waals surface area contributed by atoms with Gasteiger partial charge in [-0.1, -0.05) is 13.0 Å². The largest absolute Gasteiger partial charge is 0.416 e. The second-order valence-electron chi connectivity index (χ2n) is 5.01. The van der Waals surface area contributed by atoms with Gasteiger partial charge in [-0.25, -0.2) is 0 Å². The summed E-state index contributed by atoms with van der Waals surface area (Å²) in [6, 6.07) is 3.36. The van der Waals surface area contributed by atoms with Gasteiger partial charge < -0.3 is 5.11 Å². The lowest BCUT2D eigenvalue weighted by Gasteiger charge is -2.14. The van der Waals surface area contributed by atoms with Crippen LogP contribution in [0.3, 0.4) is 0 Å². The Balaban J connectivity index is 2.28. The van der Waals surface area contributed by atoms with Crippen LogP contribution in [0.1, 0.15) is 41.7 Å². The summed E-state index contributed by atoms with van der Waals surface area (Å²) >= 11 is 0. The maximum absolute atomic E-state index is 12.6. The van der Waals surface area contributed by atoms with Crippen LogP contribution in [-0.4, -0.2) is 14.9 Å². The first-order valence-electron chi connectivity index (χ1n) is 6.71. The van der Waals surface area contributed by atoms with Crippen LogP contribution < -0.4 is 0 Å². The number of benzene rings is 1. The predicted molar refractivity (Wildman–Crippen MR) is 72.8 cm³/mol. The monoisotopic (exact) mass is 298 g/mol. The van der Waals surface area contributed by atoms with Crippen LogP contribution in [0.25, 0.3) is 0 Å². The van der Waals surface area contributed by atoms with Gasteiger partial charge in [-0.05, 0) is 36.6 Å². The van der Waals surface area contributed by atoms with Gasteiger partial charge in [0.1, 0.15) is 6.10 Å². The fraction of sp³-hybridized carbons (Fsp3) is 0.400. The van der Waals surface area contributed by atoms with E-state index in [1.165, 1.54) is 12.3 Å². The van der Waals surface area contributed by atoms with Gasteiger partial charge in [-0.15, -0.1) is 0 Å². The maximum atomic E-state index is 12.6. The lowest BCUT2D eigenvalue weighted by atomic mass is 9.97. The van der Waals surface area contributed by atoms with Gasteiger partial charge in [0.15, 0.2) is 0 Å². The number of rotatable bonds is 4. The second kappa shape index (κ2) is 5.89. The fourth-order valence-electron chi connectivity index (χ4n) is 2.21. The zero-order valence-electron chi connectivity index (χ0n) is 11.9. The Morgan fingerprint density at radius 2 is 2.05 bits per heavy atom. The zero-order chi connectivity index (χ0) is 15.6. The van der Waals surface area contributed by atoms with Gasteiger partial charge in [-0.3, -0.25) is 4.68 Å². The molecule has 6 heteroatoms. The Labute approximate surface area is 121 Å². The summed E-state index contributed by atoms with van der Waals surface area (Å²) in [5, 5.41) is 14.4. The smallest absolute Gasteiger partial charge is 0.384 e. The number of halogens is 3. The van der Waals surface area contributed by atoms with Crippen LogP contribution in [0.15, 0.2) is 30.6 Å². The van der Waals surface area contributed by atoms with E-state index in [4.69, 9.17) is 0 Å². The molecule has 3 nitrogen and oxygen atoms in total. The topological polar surface area (TPSA) is 38.0 Å². The Morgan fingerprint density at radius 1 is 1.33 bits per heavy atom. The molecule has 114 valence electrons. The molecule has 1 unspecified atom stereocenters. The Bertz CT molecular complexity index is 620. The van der Waals surface area contributed by atoms with E-state index in [1.807, 2.05) is 6.92 Å². The van der Waals surface area contributed by atoms with E-state index < -0.39 is 17.8 Å². The molecule has 1 heterocycles. The van der Waals surface area contributed by atoms with Crippen molar-refractivity contribution in [3.63, 3.8) is 0 Å². The van der Waals surface area contributed by atoms with Gasteiger partial charge in [0.2, 0.25) is 0 Å². The number of hydrogen-bond donors (Lipinski definition) is 1. The normalized spacial score (nSPS) is 13.4. The summed E-state index contributed by atoms with van der Waals surface area (Å²) in [5.74, 6) is 0. The van der Waals surface area contributed by atoms with Crippen LogP contribution >= 0.6 is 0 Å². The molecule has 0 aliphatic carbocycles. The van der Waals surface area contributed by atoms with Gasteiger partial charge in [0.05, 0.1) is 11.8 Å². The Morgan fingerprint density at radius 3 is 2.62 bits per heavy atom. The second-order valence-corrected chi connectivity index (χ2v) is 5.01. The first-order chi connectivity index (χ1) is 9.82. The van der Waals surface area contributed by atoms with Gasteiger partial charge in [0.25, 0.3) is 0 Å². The van der Waals surface area contributed by atoms with Crippen molar-refractivity contribution < 1.29 is 18.3 Å². The minimum Gasteiger partial charge on any atom is -0.384 e. The van der Waals surface area contributed by atoms with E-state index in [0.29, 0.717) is 16.7 Å². The highest BCUT2D eigenvalue weighted by Crippen LogP contribution is 2.32. The van der Waals surface area contributed by atoms with Crippen molar-refractivity contribution in [2.75, 3.05) is 0 Å². The summed E-state index contributed by atoms with van der Waals surface area (Å²) < 4.78 is 39.6. The average molecular weight is 298 g/mol. The van der Waals surface area contributed by atoms with Crippen molar-refractivity contribution in [1.82, 2.24) is 9.78 Å². The third kappa shape index (κ3) is 3.44. The van der Waals surface area contributed by atoms with Gasteiger partial charge >= 0.3 is 6.18 Å². The standard InChI is InChI=1S/C15H17F3N2O/c1-3-6-20-9-11(8-19-20)14(21)13-5-4-12(7-10(13)2)15(16,17)18/h4-5,7-9,14,21H,3,6H2,1-2H3. The molecular weight excluding hydrogens is 281 g/mol. The number of aromatic nitrogens is 2. The van der Waals surface area contributed by atoms with Crippen LogP contribution in [0.4, 0.5) is 13.2 Å². The van der Waals surface area contributed by atoms with Crippen molar-refractivity contribution in [3.8, 4) is 0 Å². The third-order valence-corrected chi connectivity index (χ3v) is 3.31. The highest BCUT2D eigenvalue weighted by Gasteiger charge is 2.31. The van der Waals surface area contributed by atoms with Crippen molar-refractivity contribution in [1.29, 1.82) is 0 Å². The summed E-state index contributed by atoms with van der Waals surface area (Å²) in [6.45, 7) is 4.31. The van der Waals surface area contributed by atoms with E-state index in [1.54, 1.807) is 17.8 Å². The molecule has 0 saturated carbocycles. The van der Waals surface area contributed by atoms with E-state index in [0.717, 1.165) is 25.1 Å². The molecular formula is C15H17F3N2O. The summed E-state index contributed by atoms with van der Waals surface area (Å²) in [7, 11) is 0. The molecule has 0 spiro atoms. The molecule has 2 rings (SSSR count). The molecule has 0 bridgehead atoms. The minimum absolute atomic E-state index is 0.403. The van der Waals surface area contributed by atoms with E-state index in [2.05, 4.69) is 5.10 Å². The number of aryl methyl sites for hydroxylation is 2. The summed E-state index contributed by atoms with van der Waals surface area (Å²) in [5.41, 5.74) is 0.726. The quantitative estimate of drug-likeness (QED) is 0.934. The fourth-order valence-corrected chi connectivity index (χ4v) is 2.21. The molecule has 1 aromatic carbocycles. The minimum atomic E-state index is -4.37. The van der Waals surface area contributed by atoms with Crippen molar-refractivity contribution in [2.24, 2.45) is 0 Å². The van der Waals surface area contributed by atoms with Crippen molar-refractivity contribution >= 4 is 0 Å². The van der Waals surface area contributed by atoms with Crippen molar-refractivity contribution in [2.45, 2.75) is 39.1 Å². The lowest BCUT2D eigenvalue weighted by molar-refractivity contribution is -0.137. The molecule has 0 aliphatic rings. The number of nitrogens with zero attached hydrogens (tertiary/aromatic N) is 2. The van der Waals surface area contributed by atoms with E-state index >= 15 is 0 Å². The molecule has 1 aromatic heterocycles. The molecule has 2 aromatic rings. The molecule has 0 aliphatic heterocycles. The Kier molecular flexibility index (Phi) is 4.37.